The van der Waals surface area contributed by atoms with Crippen molar-refractivity contribution in [2.24, 2.45) is 0 Å². The average Bonchev–Trinajstić information content (AvgIpc) is 3.15. The molecular weight excluding hydrogens is 330 g/mol. The van der Waals surface area contributed by atoms with E-state index >= 15 is 0 Å². The quantitative estimate of drug-likeness (QED) is 0.898. The lowest BCUT2D eigenvalue weighted by Gasteiger charge is -2.34. The van der Waals surface area contributed by atoms with Crippen molar-refractivity contribution < 1.29 is 17.9 Å². The van der Waals surface area contributed by atoms with Gasteiger partial charge in [-0.15, -0.1) is 0 Å². The summed E-state index contributed by atoms with van der Waals surface area (Å²) in [6.07, 6.45) is 3.33. The average molecular weight is 349 g/mol. The number of piperazine rings is 1. The van der Waals surface area contributed by atoms with Crippen molar-refractivity contribution in [3.63, 3.8) is 0 Å². The van der Waals surface area contributed by atoms with Gasteiger partial charge in [-0.25, -0.2) is 8.42 Å². The van der Waals surface area contributed by atoms with Gasteiger partial charge in [0.05, 0.1) is 12.7 Å². The number of para-hydroxylation sites is 1. The van der Waals surface area contributed by atoms with Gasteiger partial charge in [0.15, 0.2) is 0 Å². The molecule has 1 aromatic heterocycles. The van der Waals surface area contributed by atoms with Crippen molar-refractivity contribution in [2.75, 3.05) is 33.3 Å². The molecule has 0 atom stereocenters. The van der Waals surface area contributed by atoms with E-state index in [1.165, 1.54) is 17.5 Å². The molecule has 1 N–H and O–H groups in total. The molecule has 1 amide bonds. The Bertz CT molecular complexity index is 810. The van der Waals surface area contributed by atoms with Crippen LogP contribution in [-0.2, 0) is 10.0 Å². The van der Waals surface area contributed by atoms with Gasteiger partial charge in [-0.2, -0.15) is 4.31 Å². The lowest BCUT2D eigenvalue weighted by atomic mass is 10.2. The number of ether oxygens (including phenoxy) is 1. The summed E-state index contributed by atoms with van der Waals surface area (Å²) in [5.74, 6) is 0.230. The van der Waals surface area contributed by atoms with Gasteiger partial charge < -0.3 is 14.6 Å². The van der Waals surface area contributed by atoms with E-state index in [9.17, 15) is 13.2 Å². The number of sulfonamides is 1. The first-order valence-electron chi connectivity index (χ1n) is 7.59. The molecule has 0 saturated carbocycles. The van der Waals surface area contributed by atoms with Crippen LogP contribution >= 0.6 is 0 Å². The van der Waals surface area contributed by atoms with E-state index in [2.05, 4.69) is 4.98 Å². The number of nitrogens with zero attached hydrogens (tertiary/aromatic N) is 2. The Hall–Kier alpha value is -2.32. The number of aromatic nitrogens is 1. The maximum Gasteiger partial charge on any atom is 0.255 e. The maximum atomic E-state index is 12.8. The molecule has 2 heterocycles. The number of nitrogens with one attached hydrogen (secondary N) is 1. The van der Waals surface area contributed by atoms with Crippen molar-refractivity contribution in [2.45, 2.75) is 4.90 Å². The van der Waals surface area contributed by atoms with Crippen LogP contribution in [0, 0.1) is 0 Å². The highest BCUT2D eigenvalue weighted by Crippen LogP contribution is 2.27. The molecule has 0 radical (unpaired) electrons. The summed E-state index contributed by atoms with van der Waals surface area (Å²) in [6.45, 7) is 1.24. The van der Waals surface area contributed by atoms with Gasteiger partial charge >= 0.3 is 0 Å². The SMILES string of the molecule is COc1ccccc1S(=O)(=O)N1CCN(C(=O)c2cc[nH]c2)CC1. The summed E-state index contributed by atoms with van der Waals surface area (Å²) >= 11 is 0. The van der Waals surface area contributed by atoms with Crippen molar-refractivity contribution in [3.8, 4) is 5.75 Å². The molecule has 7 nitrogen and oxygen atoms in total. The van der Waals surface area contributed by atoms with E-state index < -0.39 is 10.0 Å². The van der Waals surface area contributed by atoms with Crippen LogP contribution in [-0.4, -0.2) is 61.8 Å². The van der Waals surface area contributed by atoms with Crippen LogP contribution < -0.4 is 4.74 Å². The van der Waals surface area contributed by atoms with E-state index in [-0.39, 0.29) is 23.9 Å². The minimum absolute atomic E-state index is 0.0920. The predicted molar refractivity (Wildman–Crippen MR) is 88.4 cm³/mol. The maximum absolute atomic E-state index is 12.8. The third-order valence-electron chi connectivity index (χ3n) is 4.06. The molecule has 8 heteroatoms. The Labute approximate surface area is 140 Å². The Kier molecular flexibility index (Phi) is 4.59. The number of amides is 1. The number of hydrogen-bond acceptors (Lipinski definition) is 4. The van der Waals surface area contributed by atoms with Crippen LogP contribution in [0.15, 0.2) is 47.6 Å². The fourth-order valence-corrected chi connectivity index (χ4v) is 4.32. The van der Waals surface area contributed by atoms with E-state index in [1.54, 1.807) is 41.6 Å². The minimum atomic E-state index is -3.64. The van der Waals surface area contributed by atoms with Crippen LogP contribution in [0.4, 0.5) is 0 Å². The number of hydrogen-bond donors (Lipinski definition) is 1. The first-order chi connectivity index (χ1) is 11.5. The first-order valence-corrected chi connectivity index (χ1v) is 9.03. The largest absolute Gasteiger partial charge is 0.495 e. The van der Waals surface area contributed by atoms with Crippen LogP contribution in [0.2, 0.25) is 0 Å². The second-order valence-electron chi connectivity index (χ2n) is 5.45. The zero-order valence-electron chi connectivity index (χ0n) is 13.3. The summed E-state index contributed by atoms with van der Waals surface area (Å²) in [5, 5.41) is 0. The minimum Gasteiger partial charge on any atom is -0.495 e. The Morgan fingerprint density at radius 2 is 1.83 bits per heavy atom. The van der Waals surface area contributed by atoms with Crippen LogP contribution in [0.1, 0.15) is 10.4 Å². The van der Waals surface area contributed by atoms with E-state index in [0.717, 1.165) is 0 Å². The molecule has 1 aliphatic heterocycles. The number of aromatic amines is 1. The van der Waals surface area contributed by atoms with E-state index in [1.807, 2.05) is 0 Å². The highest BCUT2D eigenvalue weighted by atomic mass is 32.2. The number of rotatable bonds is 4. The van der Waals surface area contributed by atoms with Crippen molar-refractivity contribution in [3.05, 3.63) is 48.3 Å². The Balaban J connectivity index is 1.73. The van der Waals surface area contributed by atoms with Crippen LogP contribution in [0.5, 0.6) is 5.75 Å². The Morgan fingerprint density at radius 3 is 2.46 bits per heavy atom. The first kappa shape index (κ1) is 16.5. The molecular formula is C16H19N3O4S. The van der Waals surface area contributed by atoms with Crippen molar-refractivity contribution in [1.82, 2.24) is 14.2 Å². The summed E-state index contributed by atoms with van der Waals surface area (Å²) in [4.78, 5) is 17.0. The third-order valence-corrected chi connectivity index (χ3v) is 6.00. The van der Waals surface area contributed by atoms with E-state index in [0.29, 0.717) is 24.4 Å². The normalized spacial score (nSPS) is 16.1. The zero-order chi connectivity index (χ0) is 17.2. The van der Waals surface area contributed by atoms with Gasteiger partial charge in [0.1, 0.15) is 10.6 Å². The van der Waals surface area contributed by atoms with Gasteiger partial charge in [0.2, 0.25) is 10.0 Å². The predicted octanol–water partition coefficient (Wildman–Crippen LogP) is 1.17. The molecule has 24 heavy (non-hydrogen) atoms. The van der Waals surface area contributed by atoms with Gasteiger partial charge in [-0.1, -0.05) is 12.1 Å². The van der Waals surface area contributed by atoms with Crippen molar-refractivity contribution >= 4 is 15.9 Å². The summed E-state index contributed by atoms with van der Waals surface area (Å²) < 4.78 is 32.2. The number of methoxy groups -OCH3 is 1. The zero-order valence-corrected chi connectivity index (χ0v) is 14.1. The number of benzene rings is 1. The lowest BCUT2D eigenvalue weighted by Crippen LogP contribution is -2.50. The number of H-pyrrole nitrogens is 1. The summed E-state index contributed by atoms with van der Waals surface area (Å²) in [7, 11) is -2.20. The number of carbonyl (C=O) groups is 1. The molecule has 3 rings (SSSR count). The highest BCUT2D eigenvalue weighted by molar-refractivity contribution is 7.89. The van der Waals surface area contributed by atoms with Crippen molar-refractivity contribution in [1.29, 1.82) is 0 Å². The molecule has 0 unspecified atom stereocenters. The number of carbonyl (C=O) groups excluding carboxylic acids is 1. The van der Waals surface area contributed by atoms with E-state index in [4.69, 9.17) is 4.74 Å². The molecule has 1 aromatic carbocycles. The topological polar surface area (TPSA) is 82.7 Å². The second kappa shape index (κ2) is 6.66. The standard InChI is InChI=1S/C16H19N3O4S/c1-23-14-4-2-3-5-15(14)24(21,22)19-10-8-18(9-11-19)16(20)13-6-7-17-12-13/h2-7,12,17H,8-11H2,1H3. The third kappa shape index (κ3) is 3.02. The Morgan fingerprint density at radius 1 is 1.12 bits per heavy atom. The summed E-state index contributed by atoms with van der Waals surface area (Å²) in [6, 6.07) is 8.26. The van der Waals surface area contributed by atoms with Crippen LogP contribution in [0.25, 0.3) is 0 Å². The van der Waals surface area contributed by atoms with Gasteiger partial charge in [0, 0.05) is 38.6 Å². The lowest BCUT2D eigenvalue weighted by molar-refractivity contribution is 0.0698. The molecule has 0 aliphatic carbocycles. The highest BCUT2D eigenvalue weighted by Gasteiger charge is 2.32. The fourth-order valence-electron chi connectivity index (χ4n) is 2.74. The van der Waals surface area contributed by atoms with Gasteiger partial charge in [0.25, 0.3) is 5.91 Å². The molecule has 128 valence electrons. The monoisotopic (exact) mass is 349 g/mol. The summed E-state index contributed by atoms with van der Waals surface area (Å²) in [5.41, 5.74) is 0.580. The van der Waals surface area contributed by atoms with Gasteiger partial charge in [-0.05, 0) is 18.2 Å². The molecule has 0 spiro atoms. The van der Waals surface area contributed by atoms with Gasteiger partial charge in [-0.3, -0.25) is 4.79 Å². The molecule has 0 bridgehead atoms. The molecule has 2 aromatic rings. The second-order valence-corrected chi connectivity index (χ2v) is 7.35. The fraction of sp³-hybridized carbons (Fsp3) is 0.312. The molecule has 1 fully saturated rings. The molecule has 1 aliphatic rings. The molecule has 1 saturated heterocycles. The smallest absolute Gasteiger partial charge is 0.255 e. The van der Waals surface area contributed by atoms with Crippen LogP contribution in [0.3, 0.4) is 0 Å².